The Balaban J connectivity index is 1.53. The molecule has 7 heteroatoms. The molecule has 3 rings (SSSR count). The molecule has 0 amide bonds. The molecule has 1 aromatic carbocycles. The maximum Gasteiger partial charge on any atom is 0.391 e. The molecule has 140 valence electrons. The largest absolute Gasteiger partial charge is 0.495 e. The van der Waals surface area contributed by atoms with E-state index in [4.69, 9.17) is 10.5 Å². The van der Waals surface area contributed by atoms with E-state index in [1.807, 2.05) is 18.2 Å². The summed E-state index contributed by atoms with van der Waals surface area (Å²) in [4.78, 5) is 4.55. The number of likely N-dealkylation sites (tertiary alicyclic amines) is 1. The van der Waals surface area contributed by atoms with Crippen LogP contribution in [0.15, 0.2) is 18.2 Å². The average molecular weight is 357 g/mol. The fourth-order valence-corrected chi connectivity index (χ4v) is 3.98. The molecule has 0 spiro atoms. The number of nitrogens with zero attached hydrogens (tertiary/aromatic N) is 2. The number of benzene rings is 1. The normalized spacial score (nSPS) is 21.5. The predicted molar refractivity (Wildman–Crippen MR) is 93.0 cm³/mol. The van der Waals surface area contributed by atoms with Crippen LogP contribution < -0.4 is 15.4 Å². The van der Waals surface area contributed by atoms with E-state index in [1.165, 1.54) is 0 Å². The van der Waals surface area contributed by atoms with Crippen molar-refractivity contribution in [3.8, 4) is 5.75 Å². The third-order valence-corrected chi connectivity index (χ3v) is 5.56. The number of anilines is 2. The average Bonchev–Trinajstić information content (AvgIpc) is 2.62. The van der Waals surface area contributed by atoms with Gasteiger partial charge in [0.2, 0.25) is 0 Å². The second-order valence-electron chi connectivity index (χ2n) is 7.00. The van der Waals surface area contributed by atoms with E-state index in [0.717, 1.165) is 31.6 Å². The van der Waals surface area contributed by atoms with Gasteiger partial charge in [0.15, 0.2) is 0 Å². The lowest BCUT2D eigenvalue weighted by molar-refractivity contribution is -0.186. The highest BCUT2D eigenvalue weighted by atomic mass is 19.4. The van der Waals surface area contributed by atoms with Crippen molar-refractivity contribution in [2.24, 2.45) is 5.92 Å². The molecule has 25 heavy (non-hydrogen) atoms. The predicted octanol–water partition coefficient (Wildman–Crippen LogP) is 3.52. The number of piperidine rings is 2. The van der Waals surface area contributed by atoms with Crippen LogP contribution in [0.3, 0.4) is 0 Å². The SMILES string of the molecule is COc1cc(N2CCC(N3CCC(C(F)(F)F)CC3)CC2)ccc1N. The van der Waals surface area contributed by atoms with Crippen LogP contribution in [0.4, 0.5) is 24.5 Å². The van der Waals surface area contributed by atoms with Crippen molar-refractivity contribution in [1.82, 2.24) is 4.90 Å². The molecule has 2 saturated heterocycles. The quantitative estimate of drug-likeness (QED) is 0.841. The number of methoxy groups -OCH3 is 1. The second kappa shape index (κ2) is 7.32. The lowest BCUT2D eigenvalue weighted by Crippen LogP contribution is -2.49. The Labute approximate surface area is 146 Å². The molecule has 2 aliphatic heterocycles. The summed E-state index contributed by atoms with van der Waals surface area (Å²) >= 11 is 0. The smallest absolute Gasteiger partial charge is 0.391 e. The van der Waals surface area contributed by atoms with Crippen LogP contribution in [-0.4, -0.2) is 50.4 Å². The zero-order valence-corrected chi connectivity index (χ0v) is 14.6. The van der Waals surface area contributed by atoms with Crippen molar-refractivity contribution >= 4 is 11.4 Å². The second-order valence-corrected chi connectivity index (χ2v) is 7.00. The third kappa shape index (κ3) is 4.14. The molecule has 0 unspecified atom stereocenters. The number of ether oxygens (including phenoxy) is 1. The van der Waals surface area contributed by atoms with Gasteiger partial charge in [-0.25, -0.2) is 0 Å². The summed E-state index contributed by atoms with van der Waals surface area (Å²) in [7, 11) is 1.60. The van der Waals surface area contributed by atoms with Gasteiger partial charge in [-0.15, -0.1) is 0 Å². The van der Waals surface area contributed by atoms with Crippen molar-refractivity contribution < 1.29 is 17.9 Å². The highest BCUT2D eigenvalue weighted by molar-refractivity contribution is 5.62. The molecular weight excluding hydrogens is 331 g/mol. The van der Waals surface area contributed by atoms with Crippen molar-refractivity contribution in [2.45, 2.75) is 37.9 Å². The van der Waals surface area contributed by atoms with Crippen LogP contribution in [0.25, 0.3) is 0 Å². The molecule has 1 aromatic rings. The van der Waals surface area contributed by atoms with Crippen LogP contribution in [0.5, 0.6) is 5.75 Å². The summed E-state index contributed by atoms with van der Waals surface area (Å²) in [6.07, 6.45) is -1.62. The number of hydrogen-bond donors (Lipinski definition) is 1. The monoisotopic (exact) mass is 357 g/mol. The highest BCUT2D eigenvalue weighted by Gasteiger charge is 2.42. The van der Waals surface area contributed by atoms with Crippen LogP contribution in [0.1, 0.15) is 25.7 Å². The number of alkyl halides is 3. The summed E-state index contributed by atoms with van der Waals surface area (Å²) in [5.74, 6) is -0.445. The van der Waals surface area contributed by atoms with E-state index >= 15 is 0 Å². The lowest BCUT2D eigenvalue weighted by atomic mass is 9.93. The number of nitrogens with two attached hydrogens (primary N) is 1. The fraction of sp³-hybridized carbons (Fsp3) is 0.667. The molecule has 4 nitrogen and oxygen atoms in total. The molecule has 0 radical (unpaired) electrons. The molecule has 2 heterocycles. The summed E-state index contributed by atoms with van der Waals surface area (Å²) in [6.45, 7) is 2.92. The zero-order valence-electron chi connectivity index (χ0n) is 14.6. The standard InChI is InChI=1S/C18H26F3N3O/c1-25-17-12-15(2-3-16(17)22)24-10-6-14(7-11-24)23-8-4-13(5-9-23)18(19,20)21/h2-3,12-14H,4-11,22H2,1H3. The van der Waals surface area contributed by atoms with Crippen molar-refractivity contribution in [2.75, 3.05) is 43.9 Å². The van der Waals surface area contributed by atoms with Crippen molar-refractivity contribution in [3.63, 3.8) is 0 Å². The van der Waals surface area contributed by atoms with Gasteiger partial charge < -0.3 is 20.3 Å². The van der Waals surface area contributed by atoms with Crippen molar-refractivity contribution in [3.05, 3.63) is 18.2 Å². The summed E-state index contributed by atoms with van der Waals surface area (Å²) in [5.41, 5.74) is 7.56. The summed E-state index contributed by atoms with van der Waals surface area (Å²) < 4.78 is 43.7. The van der Waals surface area contributed by atoms with E-state index in [9.17, 15) is 13.2 Å². The molecule has 0 atom stereocenters. The molecule has 2 aliphatic rings. The topological polar surface area (TPSA) is 41.7 Å². The van der Waals surface area contributed by atoms with Crippen LogP contribution in [-0.2, 0) is 0 Å². The lowest BCUT2D eigenvalue weighted by Gasteiger charge is -2.42. The van der Waals surface area contributed by atoms with Crippen LogP contribution >= 0.6 is 0 Å². The highest BCUT2D eigenvalue weighted by Crippen LogP contribution is 2.36. The Morgan fingerprint density at radius 2 is 1.68 bits per heavy atom. The Morgan fingerprint density at radius 3 is 2.24 bits per heavy atom. The minimum absolute atomic E-state index is 0.235. The van der Waals surface area contributed by atoms with Gasteiger partial charge in [-0.3, -0.25) is 0 Å². The number of nitrogen functional groups attached to an aromatic ring is 1. The third-order valence-electron chi connectivity index (χ3n) is 5.56. The Kier molecular flexibility index (Phi) is 5.32. The zero-order chi connectivity index (χ0) is 18.0. The summed E-state index contributed by atoms with van der Waals surface area (Å²) in [5, 5.41) is 0. The van der Waals surface area contributed by atoms with E-state index < -0.39 is 12.1 Å². The summed E-state index contributed by atoms with van der Waals surface area (Å²) in [6, 6.07) is 6.18. The first-order valence-electron chi connectivity index (χ1n) is 8.87. The molecule has 0 aromatic heterocycles. The Bertz CT molecular complexity index is 577. The molecule has 2 N–H and O–H groups in total. The van der Waals surface area contributed by atoms with Gasteiger partial charge in [0.05, 0.1) is 18.7 Å². The number of rotatable bonds is 3. The molecule has 0 bridgehead atoms. The van der Waals surface area contributed by atoms with Crippen molar-refractivity contribution in [1.29, 1.82) is 0 Å². The van der Waals surface area contributed by atoms with Crippen LogP contribution in [0, 0.1) is 5.92 Å². The maximum absolute atomic E-state index is 12.8. The fourth-order valence-electron chi connectivity index (χ4n) is 3.98. The molecule has 0 aliphatic carbocycles. The van der Waals surface area contributed by atoms with Gasteiger partial charge in [-0.1, -0.05) is 0 Å². The van der Waals surface area contributed by atoms with Gasteiger partial charge in [-0.05, 0) is 50.9 Å². The first kappa shape index (κ1) is 18.2. The van der Waals surface area contributed by atoms with Crippen LogP contribution in [0.2, 0.25) is 0 Å². The Hall–Kier alpha value is -1.63. The molecular formula is C18H26F3N3O. The van der Waals surface area contributed by atoms with Gasteiger partial charge in [0.25, 0.3) is 0 Å². The molecule has 0 saturated carbocycles. The number of halogens is 3. The number of hydrogen-bond acceptors (Lipinski definition) is 4. The minimum Gasteiger partial charge on any atom is -0.495 e. The van der Waals surface area contributed by atoms with Gasteiger partial charge >= 0.3 is 6.18 Å². The first-order valence-corrected chi connectivity index (χ1v) is 8.87. The first-order chi connectivity index (χ1) is 11.9. The maximum atomic E-state index is 12.8. The van der Waals surface area contributed by atoms with E-state index in [2.05, 4.69) is 9.80 Å². The minimum atomic E-state index is -4.04. The van der Waals surface area contributed by atoms with Gasteiger partial charge in [0, 0.05) is 30.9 Å². The molecule has 2 fully saturated rings. The van der Waals surface area contributed by atoms with E-state index in [0.29, 0.717) is 30.6 Å². The van der Waals surface area contributed by atoms with Gasteiger partial charge in [0.1, 0.15) is 5.75 Å². The van der Waals surface area contributed by atoms with Gasteiger partial charge in [-0.2, -0.15) is 13.2 Å². The Morgan fingerprint density at radius 1 is 1.04 bits per heavy atom. The van der Waals surface area contributed by atoms with E-state index in [-0.39, 0.29) is 12.8 Å². The van der Waals surface area contributed by atoms with E-state index in [1.54, 1.807) is 7.11 Å².